The van der Waals surface area contributed by atoms with Crippen LogP contribution in [0.25, 0.3) is 11.4 Å². The molecule has 0 aliphatic carbocycles. The van der Waals surface area contributed by atoms with E-state index in [1.807, 2.05) is 6.26 Å². The molecule has 17 heavy (non-hydrogen) atoms. The molecule has 0 radical (unpaired) electrons. The number of thioether (sulfide) groups is 1. The second-order valence-electron chi connectivity index (χ2n) is 3.16. The zero-order valence-electron chi connectivity index (χ0n) is 8.82. The number of anilines is 1. The molecule has 0 aliphatic rings. The summed E-state index contributed by atoms with van der Waals surface area (Å²) in [5.74, 6) is 0.126. The van der Waals surface area contributed by atoms with E-state index < -0.39 is 0 Å². The Kier molecular flexibility index (Phi) is 3.58. The quantitative estimate of drug-likeness (QED) is 0.863. The molecular formula is C10H8BrFN4S. The second-order valence-corrected chi connectivity index (χ2v) is 4.85. The third kappa shape index (κ3) is 2.92. The van der Waals surface area contributed by atoms with Crippen LogP contribution in [0.3, 0.4) is 0 Å². The lowest BCUT2D eigenvalue weighted by Crippen LogP contribution is -2.01. The molecule has 0 saturated carbocycles. The van der Waals surface area contributed by atoms with Crippen molar-refractivity contribution in [3.8, 4) is 11.4 Å². The molecule has 4 nitrogen and oxygen atoms in total. The highest BCUT2D eigenvalue weighted by molar-refractivity contribution is 9.10. The second kappa shape index (κ2) is 4.97. The predicted molar refractivity (Wildman–Crippen MR) is 69.1 cm³/mol. The first kappa shape index (κ1) is 12.3. The van der Waals surface area contributed by atoms with Crippen molar-refractivity contribution >= 4 is 33.6 Å². The molecule has 2 N–H and O–H groups in total. The molecule has 1 aromatic carbocycles. The van der Waals surface area contributed by atoms with Gasteiger partial charge in [-0.25, -0.2) is 9.37 Å². The summed E-state index contributed by atoms with van der Waals surface area (Å²) in [4.78, 5) is 12.1. The van der Waals surface area contributed by atoms with Gasteiger partial charge in [-0.15, -0.1) is 0 Å². The van der Waals surface area contributed by atoms with Gasteiger partial charge in [-0.3, -0.25) is 0 Å². The standard InChI is InChI=1S/C10H8BrFN4S/c1-17-10-15-8(14-9(13)16-10)5-2-6(11)4-7(12)3-5/h2-4H,1H3,(H2,13,14,15,16). The molecule has 0 bridgehead atoms. The van der Waals surface area contributed by atoms with E-state index in [-0.39, 0.29) is 11.8 Å². The molecule has 0 saturated heterocycles. The third-order valence-electron chi connectivity index (χ3n) is 1.94. The maximum atomic E-state index is 13.3. The highest BCUT2D eigenvalue weighted by atomic mass is 79.9. The number of benzene rings is 1. The first-order valence-electron chi connectivity index (χ1n) is 4.60. The summed E-state index contributed by atoms with van der Waals surface area (Å²) in [6.07, 6.45) is 1.83. The Labute approximate surface area is 110 Å². The topological polar surface area (TPSA) is 64.7 Å². The summed E-state index contributed by atoms with van der Waals surface area (Å²) >= 11 is 4.57. The largest absolute Gasteiger partial charge is 0.368 e. The van der Waals surface area contributed by atoms with Gasteiger partial charge in [-0.05, 0) is 24.5 Å². The molecule has 0 atom stereocenters. The van der Waals surface area contributed by atoms with Crippen molar-refractivity contribution in [2.45, 2.75) is 5.16 Å². The lowest BCUT2D eigenvalue weighted by molar-refractivity contribution is 0.627. The van der Waals surface area contributed by atoms with Crippen LogP contribution >= 0.6 is 27.7 Å². The minimum Gasteiger partial charge on any atom is -0.368 e. The summed E-state index contributed by atoms with van der Waals surface area (Å²) in [6.45, 7) is 0. The Hall–Kier alpha value is -1.21. The van der Waals surface area contributed by atoms with E-state index in [9.17, 15) is 4.39 Å². The average molecular weight is 315 g/mol. The maximum Gasteiger partial charge on any atom is 0.224 e. The molecule has 7 heteroatoms. The van der Waals surface area contributed by atoms with Gasteiger partial charge in [-0.1, -0.05) is 27.7 Å². The number of nitrogens with zero attached hydrogens (tertiary/aromatic N) is 3. The minimum absolute atomic E-state index is 0.125. The SMILES string of the molecule is CSc1nc(N)nc(-c2cc(F)cc(Br)c2)n1. The van der Waals surface area contributed by atoms with E-state index in [0.29, 0.717) is 21.0 Å². The normalized spacial score (nSPS) is 10.5. The summed E-state index contributed by atoms with van der Waals surface area (Å²) in [6, 6.07) is 4.44. The Morgan fingerprint density at radius 2 is 2.00 bits per heavy atom. The molecule has 2 rings (SSSR count). The van der Waals surface area contributed by atoms with Crippen LogP contribution in [0, 0.1) is 5.82 Å². The third-order valence-corrected chi connectivity index (χ3v) is 2.94. The average Bonchev–Trinajstić information content (AvgIpc) is 2.26. The summed E-state index contributed by atoms with van der Waals surface area (Å²) in [5.41, 5.74) is 6.12. The number of rotatable bonds is 2. The predicted octanol–water partition coefficient (Wildman–Crippen LogP) is 2.74. The number of halogens is 2. The van der Waals surface area contributed by atoms with Crippen molar-refractivity contribution in [1.29, 1.82) is 0 Å². The minimum atomic E-state index is -0.362. The van der Waals surface area contributed by atoms with Crippen molar-refractivity contribution in [2.75, 3.05) is 12.0 Å². The molecule has 0 spiro atoms. The van der Waals surface area contributed by atoms with Crippen LogP contribution in [0.2, 0.25) is 0 Å². The summed E-state index contributed by atoms with van der Waals surface area (Å²) in [7, 11) is 0. The van der Waals surface area contributed by atoms with Gasteiger partial charge in [0.05, 0.1) is 0 Å². The van der Waals surface area contributed by atoms with Gasteiger partial charge in [0.1, 0.15) is 5.82 Å². The van der Waals surface area contributed by atoms with E-state index >= 15 is 0 Å². The van der Waals surface area contributed by atoms with Gasteiger partial charge < -0.3 is 5.73 Å². The fourth-order valence-corrected chi connectivity index (χ4v) is 2.10. The molecular weight excluding hydrogens is 307 g/mol. The van der Waals surface area contributed by atoms with Crippen LogP contribution in [0.15, 0.2) is 27.8 Å². The van der Waals surface area contributed by atoms with Gasteiger partial charge in [0.15, 0.2) is 11.0 Å². The van der Waals surface area contributed by atoms with E-state index in [2.05, 4.69) is 30.9 Å². The summed E-state index contributed by atoms with van der Waals surface area (Å²) in [5, 5.41) is 0.507. The van der Waals surface area contributed by atoms with Gasteiger partial charge in [0.2, 0.25) is 5.95 Å². The van der Waals surface area contributed by atoms with Gasteiger partial charge in [0, 0.05) is 10.0 Å². The smallest absolute Gasteiger partial charge is 0.224 e. The molecule has 0 unspecified atom stereocenters. The monoisotopic (exact) mass is 314 g/mol. The first-order chi connectivity index (χ1) is 8.08. The molecule has 88 valence electrons. The zero-order chi connectivity index (χ0) is 12.4. The Balaban J connectivity index is 2.55. The van der Waals surface area contributed by atoms with E-state index in [4.69, 9.17) is 5.73 Å². The van der Waals surface area contributed by atoms with Crippen LogP contribution in [-0.2, 0) is 0 Å². The molecule has 0 aliphatic heterocycles. The maximum absolute atomic E-state index is 13.3. The number of nitrogens with two attached hydrogens (primary N) is 1. The van der Waals surface area contributed by atoms with E-state index in [0.717, 1.165) is 0 Å². The first-order valence-corrected chi connectivity index (χ1v) is 6.62. The molecule has 1 heterocycles. The van der Waals surface area contributed by atoms with Crippen LogP contribution in [0.1, 0.15) is 0 Å². The lowest BCUT2D eigenvalue weighted by Gasteiger charge is -2.04. The molecule has 1 aromatic heterocycles. The van der Waals surface area contributed by atoms with Crippen molar-refractivity contribution in [1.82, 2.24) is 15.0 Å². The van der Waals surface area contributed by atoms with Crippen LogP contribution < -0.4 is 5.73 Å². The van der Waals surface area contributed by atoms with Crippen LogP contribution in [0.5, 0.6) is 0 Å². The number of aromatic nitrogens is 3. The zero-order valence-corrected chi connectivity index (χ0v) is 11.2. The van der Waals surface area contributed by atoms with Gasteiger partial charge in [-0.2, -0.15) is 9.97 Å². The summed E-state index contributed by atoms with van der Waals surface area (Å²) < 4.78 is 13.9. The van der Waals surface area contributed by atoms with Crippen molar-refractivity contribution in [3.05, 3.63) is 28.5 Å². The Morgan fingerprint density at radius 1 is 1.24 bits per heavy atom. The fraction of sp³-hybridized carbons (Fsp3) is 0.100. The Morgan fingerprint density at radius 3 is 2.65 bits per heavy atom. The number of nitrogen functional groups attached to an aromatic ring is 1. The van der Waals surface area contributed by atoms with Crippen molar-refractivity contribution in [3.63, 3.8) is 0 Å². The van der Waals surface area contributed by atoms with Crippen LogP contribution in [-0.4, -0.2) is 21.2 Å². The van der Waals surface area contributed by atoms with Crippen molar-refractivity contribution in [2.24, 2.45) is 0 Å². The molecule has 0 fully saturated rings. The number of hydrogen-bond acceptors (Lipinski definition) is 5. The van der Waals surface area contributed by atoms with Crippen LogP contribution in [0.4, 0.5) is 10.3 Å². The van der Waals surface area contributed by atoms with Gasteiger partial charge in [0.25, 0.3) is 0 Å². The van der Waals surface area contributed by atoms with Crippen molar-refractivity contribution < 1.29 is 4.39 Å². The fourth-order valence-electron chi connectivity index (χ4n) is 1.28. The van der Waals surface area contributed by atoms with E-state index in [1.165, 1.54) is 23.9 Å². The highest BCUT2D eigenvalue weighted by Crippen LogP contribution is 2.23. The van der Waals surface area contributed by atoms with E-state index in [1.54, 1.807) is 6.07 Å². The Bertz CT molecular complexity index is 544. The number of hydrogen-bond donors (Lipinski definition) is 1. The lowest BCUT2D eigenvalue weighted by atomic mass is 10.2. The molecule has 2 aromatic rings. The highest BCUT2D eigenvalue weighted by Gasteiger charge is 2.08. The van der Waals surface area contributed by atoms with Gasteiger partial charge >= 0.3 is 0 Å². The molecule has 0 amide bonds.